The summed E-state index contributed by atoms with van der Waals surface area (Å²) >= 11 is 1.63. The van der Waals surface area contributed by atoms with Gasteiger partial charge in [-0.2, -0.15) is 11.8 Å². The fourth-order valence-corrected chi connectivity index (χ4v) is 2.86. The molecule has 1 N–H and O–H groups in total. The van der Waals surface area contributed by atoms with Crippen molar-refractivity contribution >= 4 is 17.7 Å². The fraction of sp³-hybridized carbons (Fsp3) is 0.294. The zero-order valence-electron chi connectivity index (χ0n) is 12.8. The molecule has 0 aliphatic carbocycles. The number of halogens is 2. The van der Waals surface area contributed by atoms with Crippen molar-refractivity contribution in [2.45, 2.75) is 25.1 Å². The Kier molecular flexibility index (Phi) is 6.52. The molecular weight excluding hydrogens is 318 g/mol. The van der Waals surface area contributed by atoms with Crippen molar-refractivity contribution in [1.82, 2.24) is 10.3 Å². The molecule has 0 saturated carbocycles. The van der Waals surface area contributed by atoms with Gasteiger partial charge >= 0.3 is 0 Å². The summed E-state index contributed by atoms with van der Waals surface area (Å²) in [6, 6.07) is 9.02. The highest BCUT2D eigenvalue weighted by Gasteiger charge is 2.12. The average Bonchev–Trinajstić information content (AvgIpc) is 2.55. The summed E-state index contributed by atoms with van der Waals surface area (Å²) in [6.45, 7) is 1.74. The van der Waals surface area contributed by atoms with Gasteiger partial charge in [-0.15, -0.1) is 0 Å². The van der Waals surface area contributed by atoms with Gasteiger partial charge in [0.1, 0.15) is 0 Å². The first kappa shape index (κ1) is 17.4. The minimum atomic E-state index is -0.908. The molecule has 3 nitrogen and oxygen atoms in total. The minimum Gasteiger partial charge on any atom is -0.350 e. The SMILES string of the molecule is C[C@@H](NC(=O)CCSCc1ccccn1)c1ccc(F)c(F)c1. The van der Waals surface area contributed by atoms with E-state index >= 15 is 0 Å². The second kappa shape index (κ2) is 8.62. The normalized spacial score (nSPS) is 12.0. The van der Waals surface area contributed by atoms with Crippen molar-refractivity contribution < 1.29 is 13.6 Å². The van der Waals surface area contributed by atoms with Crippen LogP contribution in [0.1, 0.15) is 30.6 Å². The number of rotatable bonds is 7. The van der Waals surface area contributed by atoms with Gasteiger partial charge in [-0.3, -0.25) is 9.78 Å². The maximum atomic E-state index is 13.2. The Morgan fingerprint density at radius 1 is 1.26 bits per heavy atom. The van der Waals surface area contributed by atoms with Crippen LogP contribution in [0, 0.1) is 11.6 Å². The molecule has 0 saturated heterocycles. The largest absolute Gasteiger partial charge is 0.350 e. The minimum absolute atomic E-state index is 0.115. The number of benzene rings is 1. The van der Waals surface area contributed by atoms with Gasteiger partial charge in [0.15, 0.2) is 11.6 Å². The van der Waals surface area contributed by atoms with E-state index in [4.69, 9.17) is 0 Å². The predicted molar refractivity (Wildman–Crippen MR) is 87.9 cm³/mol. The molecule has 1 atom stereocenters. The molecule has 0 aliphatic rings. The van der Waals surface area contributed by atoms with Gasteiger partial charge in [-0.25, -0.2) is 8.78 Å². The van der Waals surface area contributed by atoms with E-state index in [1.54, 1.807) is 24.9 Å². The molecule has 1 amide bonds. The van der Waals surface area contributed by atoms with E-state index in [0.29, 0.717) is 17.7 Å². The first-order valence-electron chi connectivity index (χ1n) is 7.28. The van der Waals surface area contributed by atoms with Crippen LogP contribution in [-0.2, 0) is 10.5 Å². The lowest BCUT2D eigenvalue weighted by molar-refractivity contribution is -0.121. The van der Waals surface area contributed by atoms with E-state index in [9.17, 15) is 13.6 Å². The number of nitrogens with one attached hydrogen (secondary N) is 1. The molecule has 1 aromatic heterocycles. The molecule has 23 heavy (non-hydrogen) atoms. The van der Waals surface area contributed by atoms with Crippen LogP contribution in [0.25, 0.3) is 0 Å². The van der Waals surface area contributed by atoms with Crippen molar-refractivity contribution in [3.63, 3.8) is 0 Å². The molecule has 2 rings (SSSR count). The van der Waals surface area contributed by atoms with Gasteiger partial charge in [0, 0.05) is 24.1 Å². The van der Waals surface area contributed by atoms with Crippen molar-refractivity contribution in [1.29, 1.82) is 0 Å². The molecule has 0 bridgehead atoms. The van der Waals surface area contributed by atoms with Crippen LogP contribution in [0.3, 0.4) is 0 Å². The third kappa shape index (κ3) is 5.63. The highest BCUT2D eigenvalue weighted by atomic mass is 32.2. The molecule has 1 heterocycles. The monoisotopic (exact) mass is 336 g/mol. The third-order valence-corrected chi connectivity index (χ3v) is 4.26. The summed E-state index contributed by atoms with van der Waals surface area (Å²) in [5, 5.41) is 2.78. The van der Waals surface area contributed by atoms with Crippen LogP contribution in [0.5, 0.6) is 0 Å². The lowest BCUT2D eigenvalue weighted by Crippen LogP contribution is -2.27. The second-order valence-electron chi connectivity index (χ2n) is 5.09. The molecular formula is C17H18F2N2OS. The number of aromatic nitrogens is 1. The zero-order chi connectivity index (χ0) is 16.7. The number of nitrogens with zero attached hydrogens (tertiary/aromatic N) is 1. The highest BCUT2D eigenvalue weighted by Crippen LogP contribution is 2.16. The first-order chi connectivity index (χ1) is 11.1. The van der Waals surface area contributed by atoms with Crippen LogP contribution in [-0.4, -0.2) is 16.6 Å². The average molecular weight is 336 g/mol. The van der Waals surface area contributed by atoms with Crippen molar-refractivity contribution in [3.8, 4) is 0 Å². The molecule has 1 aromatic carbocycles. The molecule has 0 spiro atoms. The Bertz CT molecular complexity index is 652. The second-order valence-corrected chi connectivity index (χ2v) is 6.19. The standard InChI is InChI=1S/C17H18F2N2OS/c1-12(13-5-6-15(18)16(19)10-13)21-17(22)7-9-23-11-14-4-2-3-8-20-14/h2-6,8,10,12H,7,9,11H2,1H3,(H,21,22)/t12-/m1/s1. The Hall–Kier alpha value is -1.95. The molecule has 122 valence electrons. The van der Waals surface area contributed by atoms with E-state index in [1.807, 2.05) is 18.2 Å². The van der Waals surface area contributed by atoms with E-state index in [0.717, 1.165) is 23.6 Å². The van der Waals surface area contributed by atoms with Crippen LogP contribution >= 0.6 is 11.8 Å². The number of hydrogen-bond donors (Lipinski definition) is 1. The quantitative estimate of drug-likeness (QED) is 0.781. The summed E-state index contributed by atoms with van der Waals surface area (Å²) in [6.07, 6.45) is 2.11. The molecule has 0 aliphatic heterocycles. The van der Waals surface area contributed by atoms with Crippen LogP contribution in [0.2, 0.25) is 0 Å². The smallest absolute Gasteiger partial charge is 0.221 e. The molecule has 6 heteroatoms. The molecule has 0 fully saturated rings. The molecule has 0 radical (unpaired) electrons. The van der Waals surface area contributed by atoms with Crippen LogP contribution < -0.4 is 5.32 Å². The zero-order valence-corrected chi connectivity index (χ0v) is 13.6. The summed E-state index contributed by atoms with van der Waals surface area (Å²) in [5.41, 5.74) is 1.52. The summed E-state index contributed by atoms with van der Waals surface area (Å²) < 4.78 is 26.1. The number of amides is 1. The number of carbonyl (C=O) groups is 1. The third-order valence-electron chi connectivity index (χ3n) is 3.27. The number of pyridine rings is 1. The Labute approximate surface area is 138 Å². The van der Waals surface area contributed by atoms with Gasteiger partial charge in [-0.1, -0.05) is 12.1 Å². The molecule has 2 aromatic rings. The predicted octanol–water partition coefficient (Wildman–Crippen LogP) is 3.86. The number of hydrogen-bond acceptors (Lipinski definition) is 3. The van der Waals surface area contributed by atoms with E-state index < -0.39 is 11.6 Å². The lowest BCUT2D eigenvalue weighted by Gasteiger charge is -2.14. The Morgan fingerprint density at radius 3 is 2.78 bits per heavy atom. The summed E-state index contributed by atoms with van der Waals surface area (Å²) in [4.78, 5) is 16.1. The lowest BCUT2D eigenvalue weighted by atomic mass is 10.1. The van der Waals surface area contributed by atoms with Gasteiger partial charge in [0.2, 0.25) is 5.91 Å². The Morgan fingerprint density at radius 2 is 2.09 bits per heavy atom. The number of carbonyl (C=O) groups excluding carboxylic acids is 1. The van der Waals surface area contributed by atoms with E-state index in [1.165, 1.54) is 6.07 Å². The van der Waals surface area contributed by atoms with E-state index in [2.05, 4.69) is 10.3 Å². The summed E-state index contributed by atoms with van der Waals surface area (Å²) in [5.74, 6) is -0.483. The van der Waals surface area contributed by atoms with Gasteiger partial charge in [0.25, 0.3) is 0 Å². The van der Waals surface area contributed by atoms with Crippen molar-refractivity contribution in [3.05, 3.63) is 65.5 Å². The Balaban J connectivity index is 1.72. The van der Waals surface area contributed by atoms with Crippen molar-refractivity contribution in [2.75, 3.05) is 5.75 Å². The highest BCUT2D eigenvalue weighted by molar-refractivity contribution is 7.98. The maximum Gasteiger partial charge on any atom is 0.221 e. The molecule has 0 unspecified atom stereocenters. The van der Waals surface area contributed by atoms with Crippen molar-refractivity contribution in [2.24, 2.45) is 0 Å². The number of thioether (sulfide) groups is 1. The van der Waals surface area contributed by atoms with Crippen LogP contribution in [0.15, 0.2) is 42.6 Å². The maximum absolute atomic E-state index is 13.2. The van der Waals surface area contributed by atoms with Gasteiger partial charge in [0.05, 0.1) is 11.7 Å². The van der Waals surface area contributed by atoms with Crippen LogP contribution in [0.4, 0.5) is 8.78 Å². The van der Waals surface area contributed by atoms with Gasteiger partial charge < -0.3 is 5.32 Å². The first-order valence-corrected chi connectivity index (χ1v) is 8.43. The topological polar surface area (TPSA) is 42.0 Å². The fourth-order valence-electron chi connectivity index (χ4n) is 2.00. The van der Waals surface area contributed by atoms with Gasteiger partial charge in [-0.05, 0) is 36.8 Å². The summed E-state index contributed by atoms with van der Waals surface area (Å²) in [7, 11) is 0. The van der Waals surface area contributed by atoms with E-state index in [-0.39, 0.29) is 11.9 Å².